The van der Waals surface area contributed by atoms with Crippen molar-refractivity contribution < 1.29 is 4.74 Å². The normalized spacial score (nSPS) is 10.8. The predicted molar refractivity (Wildman–Crippen MR) is 93.3 cm³/mol. The van der Waals surface area contributed by atoms with Crippen LogP contribution in [0.3, 0.4) is 0 Å². The maximum absolute atomic E-state index is 5.87. The van der Waals surface area contributed by atoms with Crippen LogP contribution in [0.1, 0.15) is 11.3 Å². The molecule has 3 aromatic rings. The average Bonchev–Trinajstić information content (AvgIpc) is 2.60. The molecule has 0 saturated heterocycles. The summed E-state index contributed by atoms with van der Waals surface area (Å²) in [7, 11) is 0. The quantitative estimate of drug-likeness (QED) is 0.659. The summed E-state index contributed by atoms with van der Waals surface area (Å²) in [4.78, 5) is 4.62. The van der Waals surface area contributed by atoms with Crippen LogP contribution in [0.4, 0.5) is 0 Å². The molecule has 1 aromatic heterocycles. The number of nitrogens with two attached hydrogens (primary N) is 1. The van der Waals surface area contributed by atoms with Crippen LogP contribution in [0, 0.1) is 0 Å². The van der Waals surface area contributed by atoms with Crippen LogP contribution >= 0.6 is 0 Å². The summed E-state index contributed by atoms with van der Waals surface area (Å²) in [6, 6.07) is 20.3. The van der Waals surface area contributed by atoms with E-state index in [2.05, 4.69) is 28.5 Å². The first-order valence-corrected chi connectivity index (χ1v) is 7.82. The third-order valence-corrected chi connectivity index (χ3v) is 3.59. The summed E-state index contributed by atoms with van der Waals surface area (Å²) in [6.45, 7) is 2.71. The molecule has 3 N–H and O–H groups in total. The van der Waals surface area contributed by atoms with Gasteiger partial charge in [-0.1, -0.05) is 36.4 Å². The van der Waals surface area contributed by atoms with Gasteiger partial charge in [0.25, 0.3) is 0 Å². The van der Waals surface area contributed by atoms with Crippen molar-refractivity contribution in [1.29, 1.82) is 0 Å². The zero-order valence-corrected chi connectivity index (χ0v) is 13.0. The molecule has 0 saturated carbocycles. The van der Waals surface area contributed by atoms with Gasteiger partial charge in [0, 0.05) is 25.0 Å². The second-order valence-corrected chi connectivity index (χ2v) is 5.40. The number of hydrogen-bond acceptors (Lipinski definition) is 4. The van der Waals surface area contributed by atoms with Crippen molar-refractivity contribution in [2.24, 2.45) is 5.73 Å². The number of aromatic nitrogens is 1. The van der Waals surface area contributed by atoms with E-state index in [-0.39, 0.29) is 0 Å². The molecule has 0 fully saturated rings. The third kappa shape index (κ3) is 4.28. The fourth-order valence-electron chi connectivity index (χ4n) is 2.43. The molecule has 0 aliphatic heterocycles. The molecule has 0 aliphatic rings. The number of fused-ring (bicyclic) bond motifs is 1. The number of hydrogen-bond donors (Lipinski definition) is 2. The summed E-state index contributed by atoms with van der Waals surface area (Å²) >= 11 is 0. The summed E-state index contributed by atoms with van der Waals surface area (Å²) < 4.78 is 5.87. The SMILES string of the molecule is NCCNCc1cccc(OCc2ccc3ccccc3n2)c1. The van der Waals surface area contributed by atoms with Crippen molar-refractivity contribution in [3.63, 3.8) is 0 Å². The van der Waals surface area contributed by atoms with Crippen molar-refractivity contribution in [2.45, 2.75) is 13.2 Å². The molecule has 0 atom stereocenters. The maximum atomic E-state index is 5.87. The Kier molecular flexibility index (Phi) is 5.19. The summed E-state index contributed by atoms with van der Waals surface area (Å²) in [5, 5.41) is 4.42. The minimum Gasteiger partial charge on any atom is -0.487 e. The highest BCUT2D eigenvalue weighted by molar-refractivity contribution is 5.78. The molecule has 1 heterocycles. The lowest BCUT2D eigenvalue weighted by atomic mass is 10.2. The molecule has 3 rings (SSSR count). The fraction of sp³-hybridized carbons (Fsp3) is 0.211. The van der Waals surface area contributed by atoms with Gasteiger partial charge in [0.1, 0.15) is 12.4 Å². The highest BCUT2D eigenvalue weighted by atomic mass is 16.5. The lowest BCUT2D eigenvalue weighted by Crippen LogP contribution is -2.21. The minimum atomic E-state index is 0.463. The van der Waals surface area contributed by atoms with Crippen LogP contribution in [-0.4, -0.2) is 18.1 Å². The Morgan fingerprint density at radius 1 is 1.00 bits per heavy atom. The third-order valence-electron chi connectivity index (χ3n) is 3.59. The van der Waals surface area contributed by atoms with Gasteiger partial charge >= 0.3 is 0 Å². The first kappa shape index (κ1) is 15.5. The lowest BCUT2D eigenvalue weighted by molar-refractivity contribution is 0.301. The molecule has 0 bridgehead atoms. The van der Waals surface area contributed by atoms with E-state index in [0.717, 1.165) is 35.4 Å². The summed E-state index contributed by atoms with van der Waals surface area (Å²) in [6.07, 6.45) is 0. The van der Waals surface area contributed by atoms with Crippen LogP contribution in [-0.2, 0) is 13.2 Å². The molecule has 0 spiro atoms. The van der Waals surface area contributed by atoms with Crippen molar-refractivity contribution >= 4 is 10.9 Å². The highest BCUT2D eigenvalue weighted by Gasteiger charge is 2.01. The lowest BCUT2D eigenvalue weighted by Gasteiger charge is -2.09. The molecular formula is C19H21N3O. The number of nitrogens with zero attached hydrogens (tertiary/aromatic N) is 1. The monoisotopic (exact) mass is 307 g/mol. The van der Waals surface area contributed by atoms with E-state index in [1.165, 1.54) is 5.56 Å². The Balaban J connectivity index is 1.63. The minimum absolute atomic E-state index is 0.463. The number of benzene rings is 2. The molecule has 0 amide bonds. The first-order chi connectivity index (χ1) is 11.3. The molecule has 23 heavy (non-hydrogen) atoms. The Hall–Kier alpha value is -2.43. The molecule has 4 heteroatoms. The summed E-state index contributed by atoms with van der Waals surface area (Å²) in [5.74, 6) is 0.854. The number of ether oxygens (including phenoxy) is 1. The van der Waals surface area contributed by atoms with Crippen molar-refractivity contribution in [3.8, 4) is 5.75 Å². The Labute approximate surface area is 136 Å². The Morgan fingerprint density at radius 3 is 2.83 bits per heavy atom. The first-order valence-electron chi connectivity index (χ1n) is 7.82. The van der Waals surface area contributed by atoms with Gasteiger partial charge in [0.2, 0.25) is 0 Å². The maximum Gasteiger partial charge on any atom is 0.130 e. The molecule has 118 valence electrons. The smallest absolute Gasteiger partial charge is 0.130 e. The average molecular weight is 307 g/mol. The van der Waals surface area contributed by atoms with E-state index in [0.29, 0.717) is 13.2 Å². The van der Waals surface area contributed by atoms with Crippen LogP contribution < -0.4 is 15.8 Å². The van der Waals surface area contributed by atoms with Crippen LogP contribution in [0.25, 0.3) is 10.9 Å². The molecule has 0 unspecified atom stereocenters. The largest absolute Gasteiger partial charge is 0.487 e. The highest BCUT2D eigenvalue weighted by Crippen LogP contribution is 2.16. The number of para-hydroxylation sites is 1. The standard InChI is InChI=1S/C19H21N3O/c20-10-11-21-13-15-4-3-6-18(12-15)23-14-17-9-8-16-5-1-2-7-19(16)22-17/h1-9,12,21H,10-11,13-14,20H2. The van der Waals surface area contributed by atoms with Gasteiger partial charge in [-0.25, -0.2) is 4.98 Å². The van der Waals surface area contributed by atoms with Gasteiger partial charge in [-0.15, -0.1) is 0 Å². The van der Waals surface area contributed by atoms with Crippen LogP contribution in [0.2, 0.25) is 0 Å². The van der Waals surface area contributed by atoms with Crippen molar-refractivity contribution in [2.75, 3.05) is 13.1 Å². The van der Waals surface area contributed by atoms with E-state index in [9.17, 15) is 0 Å². The number of pyridine rings is 1. The van der Waals surface area contributed by atoms with Gasteiger partial charge in [0.05, 0.1) is 11.2 Å². The van der Waals surface area contributed by atoms with E-state index >= 15 is 0 Å². The zero-order valence-electron chi connectivity index (χ0n) is 13.0. The number of nitrogens with one attached hydrogen (secondary N) is 1. The predicted octanol–water partition coefficient (Wildman–Crippen LogP) is 2.86. The number of rotatable bonds is 7. The van der Waals surface area contributed by atoms with Gasteiger partial charge in [0.15, 0.2) is 0 Å². The topological polar surface area (TPSA) is 60.2 Å². The molecule has 0 aliphatic carbocycles. The zero-order chi connectivity index (χ0) is 15.9. The van der Waals surface area contributed by atoms with E-state index < -0.39 is 0 Å². The van der Waals surface area contributed by atoms with Crippen LogP contribution in [0.5, 0.6) is 5.75 Å². The molecular weight excluding hydrogens is 286 g/mol. The molecule has 4 nitrogen and oxygen atoms in total. The second kappa shape index (κ2) is 7.72. The van der Waals surface area contributed by atoms with Gasteiger partial charge in [-0.05, 0) is 29.8 Å². The van der Waals surface area contributed by atoms with Gasteiger partial charge < -0.3 is 15.8 Å². The fourth-order valence-corrected chi connectivity index (χ4v) is 2.43. The van der Waals surface area contributed by atoms with Crippen molar-refractivity contribution in [3.05, 3.63) is 71.9 Å². The van der Waals surface area contributed by atoms with Gasteiger partial charge in [-0.2, -0.15) is 0 Å². The molecule has 0 radical (unpaired) electrons. The second-order valence-electron chi connectivity index (χ2n) is 5.40. The summed E-state index contributed by atoms with van der Waals surface area (Å²) in [5.41, 5.74) is 8.58. The van der Waals surface area contributed by atoms with E-state index in [1.807, 2.05) is 42.5 Å². The Morgan fingerprint density at radius 2 is 1.91 bits per heavy atom. The van der Waals surface area contributed by atoms with E-state index in [1.54, 1.807) is 0 Å². The Bertz CT molecular complexity index is 773. The van der Waals surface area contributed by atoms with Crippen molar-refractivity contribution in [1.82, 2.24) is 10.3 Å². The van der Waals surface area contributed by atoms with E-state index in [4.69, 9.17) is 10.5 Å². The van der Waals surface area contributed by atoms with Crippen LogP contribution in [0.15, 0.2) is 60.7 Å². The van der Waals surface area contributed by atoms with Gasteiger partial charge in [-0.3, -0.25) is 0 Å². The molecule has 2 aromatic carbocycles.